The van der Waals surface area contributed by atoms with Crippen LogP contribution < -0.4 is 14.2 Å². The smallest absolute Gasteiger partial charge is 0.258 e. The normalized spacial score (nSPS) is 15.5. The number of hydrogen-bond acceptors (Lipinski definition) is 6. The van der Waals surface area contributed by atoms with Crippen molar-refractivity contribution >= 4 is 23.2 Å². The van der Waals surface area contributed by atoms with Gasteiger partial charge in [-0.3, -0.25) is 9.59 Å². The summed E-state index contributed by atoms with van der Waals surface area (Å²) in [4.78, 5) is 32.2. The Morgan fingerprint density at radius 3 is 2.41 bits per heavy atom. The van der Waals surface area contributed by atoms with E-state index in [0.29, 0.717) is 36.0 Å². The van der Waals surface area contributed by atoms with E-state index in [1.807, 2.05) is 49.1 Å². The Bertz CT molecular complexity index is 1230. The van der Waals surface area contributed by atoms with Gasteiger partial charge in [0.2, 0.25) is 5.91 Å². The van der Waals surface area contributed by atoms with Crippen LogP contribution in [0.25, 0.3) is 0 Å². The van der Waals surface area contributed by atoms with Gasteiger partial charge in [-0.25, -0.2) is 0 Å². The van der Waals surface area contributed by atoms with Crippen molar-refractivity contribution in [2.24, 2.45) is 0 Å². The van der Waals surface area contributed by atoms with Crippen molar-refractivity contribution in [1.29, 1.82) is 0 Å². The lowest BCUT2D eigenvalue weighted by Gasteiger charge is -2.38. The van der Waals surface area contributed by atoms with Crippen molar-refractivity contribution in [3.8, 4) is 17.2 Å². The number of para-hydroxylation sites is 3. The molecule has 2 unspecified atom stereocenters. The van der Waals surface area contributed by atoms with Crippen LogP contribution in [0.15, 0.2) is 60.0 Å². The second-order valence-corrected chi connectivity index (χ2v) is 10.0. The third-order valence-corrected chi connectivity index (χ3v) is 7.90. The number of ether oxygens (including phenoxy) is 3. The summed E-state index contributed by atoms with van der Waals surface area (Å²) in [7, 11) is 3.15. The van der Waals surface area contributed by atoms with Gasteiger partial charge >= 0.3 is 0 Å². The number of methoxy groups -OCH3 is 2. The Hall–Kier alpha value is -3.52. The Labute approximate surface area is 222 Å². The number of benzene rings is 2. The third-order valence-electron chi connectivity index (χ3n) is 6.91. The first-order chi connectivity index (χ1) is 18.0. The van der Waals surface area contributed by atoms with E-state index >= 15 is 0 Å². The first-order valence-electron chi connectivity index (χ1n) is 12.5. The second kappa shape index (κ2) is 12.1. The molecule has 2 atom stereocenters. The van der Waals surface area contributed by atoms with E-state index in [-0.39, 0.29) is 30.4 Å². The zero-order chi connectivity index (χ0) is 26.4. The lowest BCUT2D eigenvalue weighted by atomic mass is 10.00. The molecule has 196 valence electrons. The van der Waals surface area contributed by atoms with Gasteiger partial charge in [0.1, 0.15) is 18.9 Å². The highest BCUT2D eigenvalue weighted by Gasteiger charge is 2.35. The number of nitrogens with zero attached hydrogens (tertiary/aromatic N) is 2. The fraction of sp³-hybridized carbons (Fsp3) is 0.379. The Kier molecular flexibility index (Phi) is 8.71. The van der Waals surface area contributed by atoms with Gasteiger partial charge in [0.25, 0.3) is 5.91 Å². The van der Waals surface area contributed by atoms with Gasteiger partial charge in [-0.2, -0.15) is 0 Å². The molecular formula is C29H34N2O5S. The minimum absolute atomic E-state index is 0.0173. The molecule has 1 aliphatic heterocycles. The summed E-state index contributed by atoms with van der Waals surface area (Å²) in [5.74, 6) is 1.46. The predicted octanol–water partition coefficient (Wildman–Crippen LogP) is 5.21. The van der Waals surface area contributed by atoms with E-state index in [0.717, 1.165) is 18.4 Å². The molecule has 0 saturated heterocycles. The van der Waals surface area contributed by atoms with Gasteiger partial charge < -0.3 is 24.0 Å². The maximum absolute atomic E-state index is 13.8. The predicted molar refractivity (Wildman–Crippen MR) is 145 cm³/mol. The number of rotatable bonds is 10. The Morgan fingerprint density at radius 2 is 1.70 bits per heavy atom. The van der Waals surface area contributed by atoms with Gasteiger partial charge in [0.05, 0.1) is 25.8 Å². The molecule has 2 aromatic carbocycles. The van der Waals surface area contributed by atoms with Crippen molar-refractivity contribution in [2.45, 2.75) is 38.8 Å². The number of fused-ring (bicyclic) bond motifs is 1. The van der Waals surface area contributed by atoms with Crippen LogP contribution in [0.5, 0.6) is 17.2 Å². The summed E-state index contributed by atoms with van der Waals surface area (Å²) in [6.07, 6.45) is 1.51. The quantitative estimate of drug-likeness (QED) is 0.366. The topological polar surface area (TPSA) is 68.3 Å². The van der Waals surface area contributed by atoms with Gasteiger partial charge in [-0.05, 0) is 61.0 Å². The molecule has 0 bridgehead atoms. The minimum atomic E-state index is -0.257. The summed E-state index contributed by atoms with van der Waals surface area (Å²) in [6.45, 7) is 4.83. The highest BCUT2D eigenvalue weighted by atomic mass is 32.1. The molecule has 7 nitrogen and oxygen atoms in total. The number of carbonyl (C=O) groups excluding carboxylic acids is 2. The molecule has 8 heteroatoms. The minimum Gasteiger partial charge on any atom is -0.496 e. The zero-order valence-corrected chi connectivity index (χ0v) is 22.6. The number of amides is 2. The maximum Gasteiger partial charge on any atom is 0.258 e. The van der Waals surface area contributed by atoms with E-state index < -0.39 is 0 Å². The molecule has 0 saturated carbocycles. The van der Waals surface area contributed by atoms with Crippen molar-refractivity contribution in [2.75, 3.05) is 33.9 Å². The zero-order valence-electron chi connectivity index (χ0n) is 21.8. The summed E-state index contributed by atoms with van der Waals surface area (Å²) in [5.41, 5.74) is 1.55. The molecule has 3 aromatic rings. The standard InChI is InChI=1S/C29H34N2O5S/c1-5-20(2)31(29(33)22-10-6-7-11-24(22)34-3)18-28(32)30-16-14-27-21(15-17-37-27)23(30)19-36-26-13-9-8-12-25(26)35-4/h6-13,15,17,20,23H,5,14,16,18-19H2,1-4H3. The van der Waals surface area contributed by atoms with Crippen LogP contribution in [0, 0.1) is 0 Å². The fourth-order valence-corrected chi connectivity index (χ4v) is 5.57. The van der Waals surface area contributed by atoms with E-state index in [2.05, 4.69) is 11.4 Å². The molecule has 1 aliphatic rings. The van der Waals surface area contributed by atoms with Crippen LogP contribution in [0.3, 0.4) is 0 Å². The average Bonchev–Trinajstić information content (AvgIpc) is 3.43. The second-order valence-electron chi connectivity index (χ2n) is 9.00. The summed E-state index contributed by atoms with van der Waals surface area (Å²) >= 11 is 1.70. The summed E-state index contributed by atoms with van der Waals surface area (Å²) in [6, 6.07) is 16.3. The average molecular weight is 523 g/mol. The van der Waals surface area contributed by atoms with Crippen molar-refractivity contribution in [3.05, 3.63) is 76.0 Å². The van der Waals surface area contributed by atoms with Crippen LogP contribution in [0.4, 0.5) is 0 Å². The van der Waals surface area contributed by atoms with Gasteiger partial charge in [-0.15, -0.1) is 11.3 Å². The molecule has 2 amide bonds. The van der Waals surface area contributed by atoms with Crippen LogP contribution in [-0.4, -0.2) is 61.6 Å². The first-order valence-corrected chi connectivity index (χ1v) is 13.4. The largest absolute Gasteiger partial charge is 0.496 e. The molecule has 37 heavy (non-hydrogen) atoms. The van der Waals surface area contributed by atoms with Gasteiger partial charge in [-0.1, -0.05) is 31.2 Å². The monoisotopic (exact) mass is 522 g/mol. The summed E-state index contributed by atoms with van der Waals surface area (Å²) < 4.78 is 17.0. The van der Waals surface area contributed by atoms with E-state index in [1.54, 1.807) is 48.7 Å². The lowest BCUT2D eigenvalue weighted by Crippen LogP contribution is -2.50. The lowest BCUT2D eigenvalue weighted by molar-refractivity contribution is -0.136. The highest BCUT2D eigenvalue weighted by molar-refractivity contribution is 7.10. The fourth-order valence-electron chi connectivity index (χ4n) is 4.64. The van der Waals surface area contributed by atoms with Crippen molar-refractivity contribution < 1.29 is 23.8 Å². The molecule has 2 heterocycles. The maximum atomic E-state index is 13.8. The van der Waals surface area contributed by atoms with Gasteiger partial charge in [0, 0.05) is 17.5 Å². The van der Waals surface area contributed by atoms with E-state index in [9.17, 15) is 9.59 Å². The molecule has 0 N–H and O–H groups in total. The SMILES string of the molecule is CCC(C)N(CC(=O)N1CCc2sccc2C1COc1ccccc1OC)C(=O)c1ccccc1OC. The molecule has 0 radical (unpaired) electrons. The van der Waals surface area contributed by atoms with Crippen molar-refractivity contribution in [1.82, 2.24) is 9.80 Å². The van der Waals surface area contributed by atoms with Crippen LogP contribution >= 0.6 is 11.3 Å². The molecule has 0 spiro atoms. The molecule has 0 fully saturated rings. The summed E-state index contributed by atoms with van der Waals surface area (Å²) in [5, 5.41) is 2.06. The van der Waals surface area contributed by atoms with Crippen LogP contribution in [-0.2, 0) is 11.2 Å². The number of thiophene rings is 1. The third kappa shape index (κ3) is 5.74. The first kappa shape index (κ1) is 26.5. The van der Waals surface area contributed by atoms with E-state index in [1.165, 1.54) is 4.88 Å². The van der Waals surface area contributed by atoms with Crippen molar-refractivity contribution in [3.63, 3.8) is 0 Å². The molecular weight excluding hydrogens is 488 g/mol. The number of carbonyl (C=O) groups is 2. The van der Waals surface area contributed by atoms with E-state index in [4.69, 9.17) is 14.2 Å². The van der Waals surface area contributed by atoms with Gasteiger partial charge in [0.15, 0.2) is 11.5 Å². The Balaban J connectivity index is 1.58. The molecule has 4 rings (SSSR count). The van der Waals surface area contributed by atoms with Crippen LogP contribution in [0.1, 0.15) is 47.1 Å². The highest BCUT2D eigenvalue weighted by Crippen LogP contribution is 2.35. The molecule has 1 aromatic heterocycles. The Morgan fingerprint density at radius 1 is 1.03 bits per heavy atom. The van der Waals surface area contributed by atoms with Crippen LogP contribution in [0.2, 0.25) is 0 Å². The molecule has 0 aliphatic carbocycles. The number of hydrogen-bond donors (Lipinski definition) is 0.